The van der Waals surface area contributed by atoms with Crippen molar-refractivity contribution in [2.75, 3.05) is 14.2 Å². The Balaban J connectivity index is 1.62. The lowest BCUT2D eigenvalue weighted by atomic mass is 10.0. The third kappa shape index (κ3) is 4.61. The molecule has 178 valence electrons. The molecule has 1 atom stereocenters. The maximum absolute atomic E-state index is 13.3. The average molecular weight is 473 g/mol. The number of halogens is 3. The summed E-state index contributed by atoms with van der Waals surface area (Å²) in [4.78, 5) is 31.5. The van der Waals surface area contributed by atoms with Crippen LogP contribution in [0.15, 0.2) is 54.9 Å². The minimum Gasteiger partial charge on any atom is -0.497 e. The first-order chi connectivity index (χ1) is 16.2. The molecule has 1 aromatic heterocycles. The number of imidazole rings is 1. The van der Waals surface area contributed by atoms with E-state index in [1.807, 2.05) is 28.8 Å². The van der Waals surface area contributed by atoms with E-state index in [0.717, 1.165) is 41.3 Å². The summed E-state index contributed by atoms with van der Waals surface area (Å²) in [5.74, 6) is -0.451. The molecule has 10 heteroatoms. The molecule has 7 nitrogen and oxygen atoms in total. The van der Waals surface area contributed by atoms with Gasteiger partial charge in [0.05, 0.1) is 44.0 Å². The molecule has 3 aromatic rings. The number of esters is 1. The Hall–Kier alpha value is -3.82. The molecule has 0 aliphatic carbocycles. The van der Waals surface area contributed by atoms with Crippen LogP contribution in [-0.2, 0) is 35.2 Å². The summed E-state index contributed by atoms with van der Waals surface area (Å²) < 4.78 is 50.7. The molecule has 2 heterocycles. The number of carbonyl (C=O) groups is 2. The molecule has 0 unspecified atom stereocenters. The number of amides is 1. The zero-order valence-corrected chi connectivity index (χ0v) is 18.5. The summed E-state index contributed by atoms with van der Waals surface area (Å²) in [6.07, 6.45) is -2.72. The first kappa shape index (κ1) is 23.3. The number of hydrogen-bond acceptors (Lipinski definition) is 5. The Labute approximate surface area is 193 Å². The van der Waals surface area contributed by atoms with Gasteiger partial charge in [0.2, 0.25) is 0 Å². The molecule has 0 fully saturated rings. The number of ether oxygens (including phenoxy) is 2. The third-order valence-corrected chi connectivity index (χ3v) is 5.82. The number of fused-ring (bicyclic) bond motifs is 1. The molecular formula is C24H22F3N3O4. The number of aromatic nitrogens is 2. The van der Waals surface area contributed by atoms with Gasteiger partial charge < -0.3 is 18.9 Å². The van der Waals surface area contributed by atoms with Gasteiger partial charge in [0, 0.05) is 18.5 Å². The van der Waals surface area contributed by atoms with E-state index in [4.69, 9.17) is 9.47 Å². The van der Waals surface area contributed by atoms with Crippen molar-refractivity contribution in [1.29, 1.82) is 0 Å². The molecule has 0 radical (unpaired) electrons. The van der Waals surface area contributed by atoms with Gasteiger partial charge in [-0.2, -0.15) is 13.2 Å². The Kier molecular flexibility index (Phi) is 6.32. The summed E-state index contributed by atoms with van der Waals surface area (Å²) >= 11 is 0. The average Bonchev–Trinajstić information content (AvgIpc) is 3.23. The summed E-state index contributed by atoms with van der Waals surface area (Å²) in [5, 5.41) is 0. The molecule has 0 N–H and O–H groups in total. The summed E-state index contributed by atoms with van der Waals surface area (Å²) in [6.45, 7) is 0.544. The molecule has 1 amide bonds. The van der Waals surface area contributed by atoms with Gasteiger partial charge in [0.1, 0.15) is 11.8 Å². The fraction of sp³-hybridized carbons (Fsp3) is 0.292. The van der Waals surface area contributed by atoms with Crippen LogP contribution in [0.5, 0.6) is 5.75 Å². The molecule has 0 saturated heterocycles. The number of methoxy groups -OCH3 is 2. The monoisotopic (exact) mass is 473 g/mol. The highest BCUT2D eigenvalue weighted by Gasteiger charge is 2.38. The lowest BCUT2D eigenvalue weighted by Gasteiger charge is -2.34. The van der Waals surface area contributed by atoms with Gasteiger partial charge in [-0.3, -0.25) is 4.79 Å². The van der Waals surface area contributed by atoms with Crippen molar-refractivity contribution >= 4 is 11.9 Å². The van der Waals surface area contributed by atoms with Crippen LogP contribution in [0.4, 0.5) is 13.2 Å². The van der Waals surface area contributed by atoms with Gasteiger partial charge in [-0.1, -0.05) is 12.1 Å². The van der Waals surface area contributed by atoms with Crippen molar-refractivity contribution in [1.82, 2.24) is 14.5 Å². The van der Waals surface area contributed by atoms with E-state index in [1.165, 1.54) is 12.0 Å². The minimum atomic E-state index is -4.51. The summed E-state index contributed by atoms with van der Waals surface area (Å²) in [6, 6.07) is 10.5. The highest BCUT2D eigenvalue weighted by Crippen LogP contribution is 2.30. The number of rotatable bonds is 5. The second-order valence-corrected chi connectivity index (χ2v) is 7.87. The van der Waals surface area contributed by atoms with Crippen molar-refractivity contribution < 1.29 is 32.2 Å². The smallest absolute Gasteiger partial charge is 0.416 e. The second-order valence-electron chi connectivity index (χ2n) is 7.87. The largest absolute Gasteiger partial charge is 0.497 e. The van der Waals surface area contributed by atoms with Gasteiger partial charge in [-0.15, -0.1) is 0 Å². The van der Waals surface area contributed by atoms with E-state index >= 15 is 0 Å². The quantitative estimate of drug-likeness (QED) is 0.529. The fourth-order valence-corrected chi connectivity index (χ4v) is 3.96. The van der Waals surface area contributed by atoms with Crippen molar-refractivity contribution in [2.45, 2.75) is 31.7 Å². The van der Waals surface area contributed by atoms with Crippen LogP contribution in [0, 0.1) is 0 Å². The molecule has 1 aliphatic heterocycles. The number of alkyl halides is 3. The Morgan fingerprint density at radius 2 is 1.74 bits per heavy atom. The summed E-state index contributed by atoms with van der Waals surface area (Å²) in [5.41, 5.74) is 1.59. The molecule has 2 aromatic carbocycles. The highest BCUT2D eigenvalue weighted by atomic mass is 19.4. The van der Waals surface area contributed by atoms with Gasteiger partial charge in [-0.25, -0.2) is 9.78 Å². The lowest BCUT2D eigenvalue weighted by Crippen LogP contribution is -2.49. The van der Waals surface area contributed by atoms with Crippen molar-refractivity contribution in [3.05, 3.63) is 82.9 Å². The van der Waals surface area contributed by atoms with Gasteiger partial charge in [0.25, 0.3) is 5.91 Å². The lowest BCUT2D eigenvalue weighted by molar-refractivity contribution is -0.146. The van der Waals surface area contributed by atoms with Crippen LogP contribution < -0.4 is 4.74 Å². The predicted octanol–water partition coefficient (Wildman–Crippen LogP) is 3.70. The number of benzene rings is 2. The number of nitrogens with zero attached hydrogens (tertiary/aromatic N) is 3. The molecule has 34 heavy (non-hydrogen) atoms. The standard InChI is InChI=1S/C24H22F3N3O4/c1-33-18-9-3-15(4-10-18)12-29-14-28-19-11-20(23(32)34-2)30(13-21(19)29)22(31)16-5-7-17(8-6-16)24(25,26)27/h3-10,14,20H,11-13H2,1-2H3/t20-/m0/s1. The SMILES string of the molecule is COC(=O)[C@@H]1Cc2ncn(Cc3ccc(OC)cc3)c2CN1C(=O)c1ccc(C(F)(F)F)cc1. The molecular weight excluding hydrogens is 451 g/mol. The third-order valence-electron chi connectivity index (χ3n) is 5.82. The molecule has 0 saturated carbocycles. The fourth-order valence-electron chi connectivity index (χ4n) is 3.96. The molecule has 1 aliphatic rings. The first-order valence-corrected chi connectivity index (χ1v) is 10.4. The summed E-state index contributed by atoms with van der Waals surface area (Å²) in [7, 11) is 2.81. The van der Waals surface area contributed by atoms with Gasteiger partial charge in [-0.05, 0) is 42.0 Å². The molecule has 0 bridgehead atoms. The van der Waals surface area contributed by atoms with Crippen LogP contribution >= 0.6 is 0 Å². The Morgan fingerprint density at radius 3 is 2.32 bits per heavy atom. The Morgan fingerprint density at radius 1 is 1.06 bits per heavy atom. The van der Waals surface area contributed by atoms with Crippen molar-refractivity contribution in [3.63, 3.8) is 0 Å². The zero-order chi connectivity index (χ0) is 24.5. The van der Waals surface area contributed by atoms with Crippen LogP contribution in [0.1, 0.15) is 32.9 Å². The Bertz CT molecular complexity index is 1190. The second kappa shape index (κ2) is 9.20. The first-order valence-electron chi connectivity index (χ1n) is 10.4. The topological polar surface area (TPSA) is 73.7 Å². The van der Waals surface area contributed by atoms with E-state index in [1.54, 1.807) is 13.4 Å². The number of hydrogen-bond donors (Lipinski definition) is 0. The van der Waals surface area contributed by atoms with Crippen LogP contribution in [0.25, 0.3) is 0 Å². The van der Waals surface area contributed by atoms with Gasteiger partial charge in [0.15, 0.2) is 0 Å². The van der Waals surface area contributed by atoms with Crippen LogP contribution in [-0.4, -0.2) is 46.6 Å². The van der Waals surface area contributed by atoms with E-state index in [-0.39, 0.29) is 18.5 Å². The van der Waals surface area contributed by atoms with Crippen molar-refractivity contribution in [3.8, 4) is 5.75 Å². The van der Waals surface area contributed by atoms with Crippen LogP contribution in [0.2, 0.25) is 0 Å². The van der Waals surface area contributed by atoms with E-state index in [9.17, 15) is 22.8 Å². The van der Waals surface area contributed by atoms with E-state index in [2.05, 4.69) is 4.98 Å². The minimum absolute atomic E-state index is 0.0478. The molecule has 4 rings (SSSR count). The van der Waals surface area contributed by atoms with E-state index < -0.39 is 29.7 Å². The van der Waals surface area contributed by atoms with Crippen molar-refractivity contribution in [2.24, 2.45) is 0 Å². The molecule has 0 spiro atoms. The predicted molar refractivity (Wildman–Crippen MR) is 115 cm³/mol. The van der Waals surface area contributed by atoms with Gasteiger partial charge >= 0.3 is 12.1 Å². The maximum atomic E-state index is 13.3. The maximum Gasteiger partial charge on any atom is 0.416 e. The van der Waals surface area contributed by atoms with Crippen LogP contribution in [0.3, 0.4) is 0 Å². The number of carbonyl (C=O) groups excluding carboxylic acids is 2. The highest BCUT2D eigenvalue weighted by molar-refractivity contribution is 5.97. The normalized spacial score (nSPS) is 15.6. The van der Waals surface area contributed by atoms with E-state index in [0.29, 0.717) is 12.2 Å². The zero-order valence-electron chi connectivity index (χ0n) is 18.5.